The minimum absolute atomic E-state index is 0.260. The van der Waals surface area contributed by atoms with Gasteiger partial charge in [-0.1, -0.05) is 12.1 Å². The molecule has 1 fully saturated rings. The average Bonchev–Trinajstić information content (AvgIpc) is 3.71. The molecule has 9 heteroatoms. The summed E-state index contributed by atoms with van der Waals surface area (Å²) in [6.07, 6.45) is 4.42. The van der Waals surface area contributed by atoms with E-state index < -0.39 is 5.41 Å². The van der Waals surface area contributed by atoms with E-state index in [1.165, 1.54) is 6.33 Å². The summed E-state index contributed by atoms with van der Waals surface area (Å²) in [5.74, 6) is 1.73. The molecule has 2 aromatic carbocycles. The van der Waals surface area contributed by atoms with E-state index in [4.69, 9.17) is 4.74 Å². The van der Waals surface area contributed by atoms with Gasteiger partial charge in [0.2, 0.25) is 5.91 Å². The van der Waals surface area contributed by atoms with Crippen LogP contribution in [0.15, 0.2) is 79.3 Å². The van der Waals surface area contributed by atoms with Crippen molar-refractivity contribution in [3.8, 4) is 11.8 Å². The van der Waals surface area contributed by atoms with Crippen molar-refractivity contribution in [1.29, 1.82) is 5.26 Å². The maximum Gasteiger partial charge on any atom is 0.244 e. The molecule has 0 unspecified atom stereocenters. The predicted octanol–water partition coefficient (Wildman–Crippen LogP) is 5.49. The molecule has 9 nitrogen and oxygen atoms in total. The van der Waals surface area contributed by atoms with Crippen molar-refractivity contribution in [2.75, 3.05) is 16.0 Å². The number of nitriles is 1. The molecule has 0 atom stereocenters. The number of ether oxygens (including phenoxy) is 1. The highest BCUT2D eigenvalue weighted by Crippen LogP contribution is 2.45. The van der Waals surface area contributed by atoms with Gasteiger partial charge in [0.1, 0.15) is 35.7 Å². The number of nitrogens with one attached hydrogen (secondary N) is 3. The van der Waals surface area contributed by atoms with E-state index in [1.54, 1.807) is 24.4 Å². The quantitative estimate of drug-likeness (QED) is 0.281. The van der Waals surface area contributed by atoms with Crippen LogP contribution in [0.1, 0.15) is 24.1 Å². The van der Waals surface area contributed by atoms with Crippen LogP contribution in [0.25, 0.3) is 0 Å². The molecule has 1 aliphatic carbocycles. The van der Waals surface area contributed by atoms with E-state index in [0.29, 0.717) is 36.8 Å². The number of amides is 1. The fourth-order valence-electron chi connectivity index (χ4n) is 3.75. The summed E-state index contributed by atoms with van der Waals surface area (Å²) in [4.78, 5) is 25.3. The second-order valence-corrected chi connectivity index (χ2v) is 8.86. The number of rotatable bonds is 9. The summed E-state index contributed by atoms with van der Waals surface area (Å²) >= 11 is 0. The predicted molar refractivity (Wildman–Crippen MR) is 141 cm³/mol. The number of carbonyl (C=O) groups is 1. The first-order valence-electron chi connectivity index (χ1n) is 11.9. The second-order valence-electron chi connectivity index (χ2n) is 8.86. The Balaban J connectivity index is 1.21. The van der Waals surface area contributed by atoms with E-state index in [2.05, 4.69) is 37.0 Å². The molecule has 2 aromatic heterocycles. The molecule has 1 saturated carbocycles. The topological polar surface area (TPSA) is 125 Å². The Labute approximate surface area is 214 Å². The monoisotopic (exact) mass is 491 g/mol. The summed E-state index contributed by atoms with van der Waals surface area (Å²) in [5.41, 5.74) is 3.20. The average molecular weight is 492 g/mol. The molecule has 0 saturated heterocycles. The molecule has 0 radical (unpaired) electrons. The Morgan fingerprint density at radius 2 is 1.70 bits per heavy atom. The highest BCUT2D eigenvalue weighted by Gasteiger charge is 2.50. The smallest absolute Gasteiger partial charge is 0.244 e. The van der Waals surface area contributed by atoms with Gasteiger partial charge in [0.15, 0.2) is 0 Å². The molecule has 1 aliphatic rings. The SMILES string of the molecule is Cc1cc(Nc2cc(Nc3cccc(NC(=O)C4(C#N)CC4)c3)ncn2)ccc1OCc1ccccn1. The van der Waals surface area contributed by atoms with Gasteiger partial charge in [0.05, 0.1) is 11.8 Å². The van der Waals surface area contributed by atoms with Gasteiger partial charge in [-0.25, -0.2) is 9.97 Å². The van der Waals surface area contributed by atoms with E-state index in [9.17, 15) is 10.1 Å². The first-order valence-corrected chi connectivity index (χ1v) is 11.9. The van der Waals surface area contributed by atoms with Gasteiger partial charge in [0, 0.05) is 29.3 Å². The lowest BCUT2D eigenvalue weighted by atomic mass is 10.1. The minimum atomic E-state index is -0.877. The van der Waals surface area contributed by atoms with Crippen LogP contribution < -0.4 is 20.7 Å². The number of pyridine rings is 1. The summed E-state index contributed by atoms with van der Waals surface area (Å²) in [5, 5.41) is 18.6. The molecular formula is C28H25N7O2. The van der Waals surface area contributed by atoms with Crippen molar-refractivity contribution in [2.45, 2.75) is 26.4 Å². The van der Waals surface area contributed by atoms with E-state index in [-0.39, 0.29) is 5.91 Å². The van der Waals surface area contributed by atoms with E-state index in [1.807, 2.05) is 55.5 Å². The molecule has 2 heterocycles. The third kappa shape index (κ3) is 5.82. The number of anilines is 5. The molecule has 37 heavy (non-hydrogen) atoms. The maximum absolute atomic E-state index is 12.4. The molecule has 0 bridgehead atoms. The lowest BCUT2D eigenvalue weighted by Gasteiger charge is -2.13. The lowest BCUT2D eigenvalue weighted by Crippen LogP contribution is -2.22. The van der Waals surface area contributed by atoms with Gasteiger partial charge in [-0.05, 0) is 73.9 Å². The van der Waals surface area contributed by atoms with Gasteiger partial charge in [-0.3, -0.25) is 9.78 Å². The van der Waals surface area contributed by atoms with Gasteiger partial charge in [-0.15, -0.1) is 0 Å². The Morgan fingerprint density at radius 1 is 0.946 bits per heavy atom. The lowest BCUT2D eigenvalue weighted by molar-refractivity contribution is -0.119. The zero-order valence-electron chi connectivity index (χ0n) is 20.2. The molecule has 3 N–H and O–H groups in total. The van der Waals surface area contributed by atoms with Crippen LogP contribution in [0.4, 0.5) is 28.7 Å². The zero-order valence-corrected chi connectivity index (χ0v) is 20.2. The highest BCUT2D eigenvalue weighted by atomic mass is 16.5. The fourth-order valence-corrected chi connectivity index (χ4v) is 3.75. The van der Waals surface area contributed by atoms with Crippen molar-refractivity contribution in [1.82, 2.24) is 15.0 Å². The van der Waals surface area contributed by atoms with Crippen LogP contribution in [0, 0.1) is 23.7 Å². The number of carbonyl (C=O) groups excluding carboxylic acids is 1. The van der Waals surface area contributed by atoms with Crippen LogP contribution in [0.3, 0.4) is 0 Å². The Morgan fingerprint density at radius 3 is 2.38 bits per heavy atom. The van der Waals surface area contributed by atoms with Gasteiger partial charge in [0.25, 0.3) is 0 Å². The third-order valence-corrected chi connectivity index (χ3v) is 6.01. The number of aromatic nitrogens is 3. The van der Waals surface area contributed by atoms with E-state index >= 15 is 0 Å². The molecule has 184 valence electrons. The van der Waals surface area contributed by atoms with Crippen LogP contribution in [-0.2, 0) is 11.4 Å². The molecular weight excluding hydrogens is 466 g/mol. The van der Waals surface area contributed by atoms with Crippen LogP contribution in [-0.4, -0.2) is 20.9 Å². The van der Waals surface area contributed by atoms with Crippen LogP contribution in [0.5, 0.6) is 5.75 Å². The summed E-state index contributed by atoms with van der Waals surface area (Å²) in [6, 6.07) is 22.8. The number of benzene rings is 2. The van der Waals surface area contributed by atoms with Crippen molar-refractivity contribution >= 4 is 34.6 Å². The Kier molecular flexibility index (Phi) is 6.64. The normalized spacial score (nSPS) is 13.2. The Hall–Kier alpha value is -4.97. The van der Waals surface area contributed by atoms with Crippen molar-refractivity contribution in [2.24, 2.45) is 5.41 Å². The fraction of sp³-hybridized carbons (Fsp3) is 0.179. The van der Waals surface area contributed by atoms with E-state index in [0.717, 1.165) is 28.4 Å². The first kappa shape index (κ1) is 23.8. The zero-order chi connectivity index (χ0) is 25.7. The number of hydrogen-bond donors (Lipinski definition) is 3. The minimum Gasteiger partial charge on any atom is -0.487 e. The standard InChI is InChI=1S/C28H25N7O2/c1-19-13-22(8-9-24(19)37-16-23-5-2-3-12-30-23)34-26-15-25(31-18-32-26)33-20-6-4-7-21(14-20)35-27(36)28(17-29)10-11-28/h2-9,12-15,18H,10-11,16H2,1H3,(H,35,36)(H2,31,32,33,34). The molecule has 5 rings (SSSR count). The third-order valence-electron chi connectivity index (χ3n) is 6.01. The molecule has 1 amide bonds. The number of hydrogen-bond acceptors (Lipinski definition) is 8. The maximum atomic E-state index is 12.4. The van der Waals surface area contributed by atoms with Crippen molar-refractivity contribution in [3.05, 3.63) is 90.5 Å². The van der Waals surface area contributed by atoms with Crippen LogP contribution >= 0.6 is 0 Å². The summed E-state index contributed by atoms with van der Waals surface area (Å²) in [6.45, 7) is 2.39. The molecule has 0 aliphatic heterocycles. The second kappa shape index (κ2) is 10.3. The molecule has 0 spiro atoms. The van der Waals surface area contributed by atoms with Crippen LogP contribution in [0.2, 0.25) is 0 Å². The van der Waals surface area contributed by atoms with Gasteiger partial charge < -0.3 is 20.7 Å². The number of nitrogens with zero attached hydrogens (tertiary/aromatic N) is 4. The number of aryl methyl sites for hydroxylation is 1. The summed E-state index contributed by atoms with van der Waals surface area (Å²) < 4.78 is 5.91. The van der Waals surface area contributed by atoms with Gasteiger partial charge >= 0.3 is 0 Å². The highest BCUT2D eigenvalue weighted by molar-refractivity contribution is 5.99. The largest absolute Gasteiger partial charge is 0.487 e. The van der Waals surface area contributed by atoms with Crippen molar-refractivity contribution in [3.63, 3.8) is 0 Å². The first-order chi connectivity index (χ1) is 18.0. The Bertz CT molecular complexity index is 1460. The summed E-state index contributed by atoms with van der Waals surface area (Å²) in [7, 11) is 0. The van der Waals surface area contributed by atoms with Crippen molar-refractivity contribution < 1.29 is 9.53 Å². The molecule has 4 aromatic rings. The van der Waals surface area contributed by atoms with Gasteiger partial charge in [-0.2, -0.15) is 5.26 Å².